The summed E-state index contributed by atoms with van der Waals surface area (Å²) in [5.74, 6) is -0.202. The number of likely N-dealkylation sites (tertiary alicyclic amines) is 1. The van der Waals surface area contributed by atoms with Crippen LogP contribution in [-0.2, 0) is 4.79 Å². The van der Waals surface area contributed by atoms with Crippen molar-refractivity contribution in [2.24, 2.45) is 11.7 Å². The van der Waals surface area contributed by atoms with Gasteiger partial charge >= 0.3 is 0 Å². The smallest absolute Gasteiger partial charge is 0.238 e. The highest BCUT2D eigenvalue weighted by molar-refractivity contribution is 9.10. The molecule has 0 saturated carbocycles. The molecule has 1 aromatic carbocycles. The van der Waals surface area contributed by atoms with E-state index in [2.05, 4.69) is 26.1 Å². The summed E-state index contributed by atoms with van der Waals surface area (Å²) >= 11 is 3.18. The van der Waals surface area contributed by atoms with Crippen molar-refractivity contribution in [2.75, 3.05) is 25.0 Å². The van der Waals surface area contributed by atoms with Gasteiger partial charge in [-0.05, 0) is 44.0 Å². The van der Waals surface area contributed by atoms with Crippen LogP contribution in [0.15, 0.2) is 22.7 Å². The first-order valence-electron chi connectivity index (χ1n) is 6.68. The van der Waals surface area contributed by atoms with Crippen molar-refractivity contribution in [1.29, 1.82) is 0 Å². The zero-order valence-corrected chi connectivity index (χ0v) is 13.0. The molecule has 0 spiro atoms. The predicted molar refractivity (Wildman–Crippen MR) is 80.9 cm³/mol. The second-order valence-electron chi connectivity index (χ2n) is 5.32. The summed E-state index contributed by atoms with van der Waals surface area (Å²) < 4.78 is 14.3. The first-order chi connectivity index (χ1) is 9.45. The number of benzene rings is 1. The van der Waals surface area contributed by atoms with Crippen LogP contribution in [0.1, 0.15) is 13.3 Å². The lowest BCUT2D eigenvalue weighted by molar-refractivity contribution is -0.117. The second-order valence-corrected chi connectivity index (χ2v) is 6.23. The highest BCUT2D eigenvalue weighted by Crippen LogP contribution is 2.20. The van der Waals surface area contributed by atoms with Gasteiger partial charge < -0.3 is 11.1 Å². The Hall–Kier alpha value is -0.980. The van der Waals surface area contributed by atoms with E-state index in [1.807, 2.05) is 6.92 Å². The van der Waals surface area contributed by atoms with Gasteiger partial charge in [0.05, 0.1) is 12.2 Å². The molecule has 3 N–H and O–H groups in total. The third kappa shape index (κ3) is 4.01. The maximum atomic E-state index is 13.6. The van der Waals surface area contributed by atoms with E-state index in [9.17, 15) is 9.18 Å². The molecule has 20 heavy (non-hydrogen) atoms. The van der Waals surface area contributed by atoms with Crippen molar-refractivity contribution in [3.8, 4) is 0 Å². The van der Waals surface area contributed by atoms with Crippen molar-refractivity contribution < 1.29 is 9.18 Å². The standard InChI is InChI=1S/C14H19BrFN3O/c1-9(17)10-4-5-19(7-10)8-14(20)18-13-3-2-11(15)6-12(13)16/h2-3,6,9-10H,4-5,7-8,17H2,1H3,(H,18,20). The molecule has 1 saturated heterocycles. The van der Waals surface area contributed by atoms with Gasteiger partial charge in [-0.1, -0.05) is 15.9 Å². The zero-order chi connectivity index (χ0) is 14.7. The summed E-state index contributed by atoms with van der Waals surface area (Å²) in [5, 5.41) is 2.60. The molecule has 4 nitrogen and oxygen atoms in total. The fourth-order valence-corrected chi connectivity index (χ4v) is 2.75. The van der Waals surface area contributed by atoms with Gasteiger partial charge in [-0.25, -0.2) is 4.39 Å². The van der Waals surface area contributed by atoms with Crippen molar-refractivity contribution in [2.45, 2.75) is 19.4 Å². The number of nitrogens with one attached hydrogen (secondary N) is 1. The number of carbonyl (C=O) groups excluding carboxylic acids is 1. The third-order valence-corrected chi connectivity index (χ3v) is 4.12. The molecule has 110 valence electrons. The number of nitrogens with two attached hydrogens (primary N) is 1. The SMILES string of the molecule is CC(N)C1CCN(CC(=O)Nc2ccc(Br)cc2F)C1. The van der Waals surface area contributed by atoms with Gasteiger partial charge in [0.15, 0.2) is 0 Å². The van der Waals surface area contributed by atoms with E-state index in [0.717, 1.165) is 19.5 Å². The van der Waals surface area contributed by atoms with Crippen molar-refractivity contribution >= 4 is 27.5 Å². The predicted octanol–water partition coefficient (Wildman–Crippen LogP) is 2.20. The van der Waals surface area contributed by atoms with Crippen molar-refractivity contribution in [3.05, 3.63) is 28.5 Å². The molecule has 1 amide bonds. The van der Waals surface area contributed by atoms with Gasteiger partial charge in [-0.15, -0.1) is 0 Å². The topological polar surface area (TPSA) is 58.4 Å². The summed E-state index contributed by atoms with van der Waals surface area (Å²) in [6.45, 7) is 3.96. The summed E-state index contributed by atoms with van der Waals surface area (Å²) in [6, 6.07) is 4.72. The Morgan fingerprint density at radius 2 is 2.40 bits per heavy atom. The van der Waals surface area contributed by atoms with Crippen LogP contribution in [0, 0.1) is 11.7 Å². The number of hydrogen-bond acceptors (Lipinski definition) is 3. The Morgan fingerprint density at radius 1 is 1.65 bits per heavy atom. The van der Waals surface area contributed by atoms with Crippen LogP contribution >= 0.6 is 15.9 Å². The number of amides is 1. The Balaban J connectivity index is 1.87. The minimum absolute atomic E-state index is 0.145. The number of halogens is 2. The maximum Gasteiger partial charge on any atom is 0.238 e. The average molecular weight is 344 g/mol. The van der Waals surface area contributed by atoms with Crippen LogP contribution < -0.4 is 11.1 Å². The minimum atomic E-state index is -0.442. The lowest BCUT2D eigenvalue weighted by Gasteiger charge is -2.17. The molecule has 2 atom stereocenters. The Labute approximate surface area is 126 Å². The van der Waals surface area contributed by atoms with Gasteiger partial charge in [0.2, 0.25) is 5.91 Å². The van der Waals surface area contributed by atoms with Crippen LogP contribution in [0.25, 0.3) is 0 Å². The van der Waals surface area contributed by atoms with E-state index in [0.29, 0.717) is 10.4 Å². The largest absolute Gasteiger partial charge is 0.328 e. The number of rotatable bonds is 4. The minimum Gasteiger partial charge on any atom is -0.328 e. The molecule has 1 fully saturated rings. The van der Waals surface area contributed by atoms with Crippen LogP contribution in [0.2, 0.25) is 0 Å². The van der Waals surface area contributed by atoms with Gasteiger partial charge in [0.1, 0.15) is 5.82 Å². The lowest BCUT2D eigenvalue weighted by Crippen LogP contribution is -2.34. The quantitative estimate of drug-likeness (QED) is 0.880. The summed E-state index contributed by atoms with van der Waals surface area (Å²) in [5.41, 5.74) is 6.08. The zero-order valence-electron chi connectivity index (χ0n) is 11.4. The third-order valence-electron chi connectivity index (χ3n) is 3.62. The number of nitrogens with zero attached hydrogens (tertiary/aromatic N) is 1. The molecular weight excluding hydrogens is 325 g/mol. The molecule has 2 rings (SSSR count). The van der Waals surface area contributed by atoms with E-state index in [-0.39, 0.29) is 24.2 Å². The lowest BCUT2D eigenvalue weighted by atomic mass is 10.0. The van der Waals surface area contributed by atoms with E-state index in [1.165, 1.54) is 6.07 Å². The Morgan fingerprint density at radius 3 is 3.00 bits per heavy atom. The highest BCUT2D eigenvalue weighted by atomic mass is 79.9. The molecule has 0 aliphatic carbocycles. The van der Waals surface area contributed by atoms with Crippen LogP contribution in [0.4, 0.5) is 10.1 Å². The van der Waals surface area contributed by atoms with E-state index >= 15 is 0 Å². The van der Waals surface area contributed by atoms with Crippen LogP contribution in [-0.4, -0.2) is 36.5 Å². The van der Waals surface area contributed by atoms with Gasteiger partial charge in [-0.2, -0.15) is 0 Å². The number of hydrogen-bond donors (Lipinski definition) is 2. The first-order valence-corrected chi connectivity index (χ1v) is 7.48. The molecule has 0 radical (unpaired) electrons. The molecule has 1 aliphatic rings. The molecule has 1 aromatic rings. The van der Waals surface area contributed by atoms with Gasteiger partial charge in [0, 0.05) is 17.1 Å². The molecule has 6 heteroatoms. The van der Waals surface area contributed by atoms with E-state index in [1.54, 1.807) is 12.1 Å². The van der Waals surface area contributed by atoms with Crippen LogP contribution in [0.5, 0.6) is 0 Å². The fraction of sp³-hybridized carbons (Fsp3) is 0.500. The molecular formula is C14H19BrFN3O. The average Bonchev–Trinajstić information content (AvgIpc) is 2.81. The number of anilines is 1. The van der Waals surface area contributed by atoms with Crippen molar-refractivity contribution in [3.63, 3.8) is 0 Å². The molecule has 2 unspecified atom stereocenters. The highest BCUT2D eigenvalue weighted by Gasteiger charge is 2.26. The molecule has 0 bridgehead atoms. The summed E-state index contributed by atoms with van der Waals surface area (Å²) in [4.78, 5) is 14.0. The number of carbonyl (C=O) groups is 1. The summed E-state index contributed by atoms with van der Waals surface area (Å²) in [6.07, 6.45) is 1.01. The second kappa shape index (κ2) is 6.65. The van der Waals surface area contributed by atoms with Crippen molar-refractivity contribution in [1.82, 2.24) is 4.90 Å². The normalized spacial score (nSPS) is 20.9. The Bertz CT molecular complexity index is 495. The van der Waals surface area contributed by atoms with Crippen LogP contribution in [0.3, 0.4) is 0 Å². The molecule has 1 heterocycles. The molecule has 1 aliphatic heterocycles. The van der Waals surface area contributed by atoms with E-state index < -0.39 is 5.82 Å². The van der Waals surface area contributed by atoms with Gasteiger partial charge in [-0.3, -0.25) is 9.69 Å². The maximum absolute atomic E-state index is 13.6. The Kier molecular flexibility index (Phi) is 5.12. The fourth-order valence-electron chi connectivity index (χ4n) is 2.42. The van der Waals surface area contributed by atoms with Gasteiger partial charge in [0.25, 0.3) is 0 Å². The summed E-state index contributed by atoms with van der Waals surface area (Å²) in [7, 11) is 0. The monoisotopic (exact) mass is 343 g/mol. The van der Waals surface area contributed by atoms with E-state index in [4.69, 9.17) is 5.73 Å². The first kappa shape index (κ1) is 15.4. The molecule has 0 aromatic heterocycles.